The highest BCUT2D eigenvalue weighted by Gasteiger charge is 2.13. The van der Waals surface area contributed by atoms with Crippen LogP contribution in [0, 0.1) is 0 Å². The molecule has 0 unspecified atom stereocenters. The quantitative estimate of drug-likeness (QED) is 0.664. The van der Waals surface area contributed by atoms with Crippen molar-refractivity contribution < 1.29 is 9.63 Å². The minimum atomic E-state index is -0.343. The molecule has 0 saturated heterocycles. The van der Waals surface area contributed by atoms with Gasteiger partial charge in [-0.25, -0.2) is 10.0 Å². The first-order chi connectivity index (χ1) is 8.54. The zero-order valence-electron chi connectivity index (χ0n) is 10.3. The molecule has 0 N–H and O–H groups in total. The Hall–Kier alpha value is -2.22. The predicted octanol–water partition coefficient (Wildman–Crippen LogP) is -0.850. The van der Waals surface area contributed by atoms with Gasteiger partial charge >= 0.3 is 0 Å². The summed E-state index contributed by atoms with van der Waals surface area (Å²) >= 11 is 0. The summed E-state index contributed by atoms with van der Waals surface area (Å²) in [6, 6.07) is 0. The lowest BCUT2D eigenvalue weighted by atomic mass is 10.4. The van der Waals surface area contributed by atoms with Crippen molar-refractivity contribution in [1.82, 2.24) is 24.4 Å². The first-order valence-electron chi connectivity index (χ1n) is 5.22. The van der Waals surface area contributed by atoms with Crippen molar-refractivity contribution in [1.29, 1.82) is 0 Å². The molecule has 2 aromatic rings. The zero-order chi connectivity index (χ0) is 13.3. The number of hydrogen-bond donors (Lipinski definition) is 0. The molecule has 0 saturated carbocycles. The molecule has 2 aromatic heterocycles. The fraction of sp³-hybridized carbons (Fsp3) is 0.400. The molecule has 2 rings (SSSR count). The average Bonchev–Trinajstić information content (AvgIpc) is 2.74. The standard InChI is InChI=1S/C10H13N5O3/c1-13-9-7(4-12-13)10(17)15(6-11-9)5-8(16)14(2)18-3/h4,6H,5H2,1-3H3. The Labute approximate surface area is 102 Å². The largest absolute Gasteiger partial charge is 0.289 e. The Kier molecular flexibility index (Phi) is 3.11. The number of aromatic nitrogens is 4. The number of aryl methyl sites for hydroxylation is 1. The first-order valence-corrected chi connectivity index (χ1v) is 5.22. The van der Waals surface area contributed by atoms with Gasteiger partial charge < -0.3 is 0 Å². The van der Waals surface area contributed by atoms with Crippen molar-refractivity contribution in [2.75, 3.05) is 14.2 Å². The molecular formula is C10H13N5O3. The van der Waals surface area contributed by atoms with E-state index in [-0.39, 0.29) is 18.0 Å². The summed E-state index contributed by atoms with van der Waals surface area (Å²) in [5.41, 5.74) is 0.190. The summed E-state index contributed by atoms with van der Waals surface area (Å²) in [7, 11) is 4.55. The fourth-order valence-electron chi connectivity index (χ4n) is 1.53. The first kappa shape index (κ1) is 12.2. The molecule has 0 aromatic carbocycles. The number of rotatable bonds is 3. The van der Waals surface area contributed by atoms with Gasteiger partial charge in [0.15, 0.2) is 5.65 Å². The summed E-state index contributed by atoms with van der Waals surface area (Å²) in [5, 5.41) is 5.39. The van der Waals surface area contributed by atoms with Crippen molar-refractivity contribution in [3.8, 4) is 0 Å². The van der Waals surface area contributed by atoms with Crippen molar-refractivity contribution in [2.24, 2.45) is 7.05 Å². The number of carbonyl (C=O) groups excluding carboxylic acids is 1. The Balaban J connectivity index is 2.38. The van der Waals surface area contributed by atoms with Gasteiger partial charge in [-0.3, -0.25) is 23.7 Å². The molecule has 0 aliphatic carbocycles. The smallest absolute Gasteiger partial charge is 0.265 e. The van der Waals surface area contributed by atoms with Crippen LogP contribution in [-0.4, -0.2) is 44.5 Å². The predicted molar refractivity (Wildman–Crippen MR) is 62.5 cm³/mol. The summed E-state index contributed by atoms with van der Waals surface area (Å²) in [5.74, 6) is -0.343. The second-order valence-electron chi connectivity index (χ2n) is 3.76. The molecule has 0 spiro atoms. The lowest BCUT2D eigenvalue weighted by Crippen LogP contribution is -2.33. The highest BCUT2D eigenvalue weighted by Crippen LogP contribution is 2.03. The topological polar surface area (TPSA) is 82.2 Å². The van der Waals surface area contributed by atoms with Crippen LogP contribution in [0.1, 0.15) is 0 Å². The molecule has 0 aliphatic heterocycles. The second-order valence-corrected chi connectivity index (χ2v) is 3.76. The molecule has 0 fully saturated rings. The third kappa shape index (κ3) is 1.97. The van der Waals surface area contributed by atoms with E-state index in [1.165, 1.54) is 35.9 Å². The molecule has 0 aliphatic rings. The van der Waals surface area contributed by atoms with Crippen molar-refractivity contribution in [2.45, 2.75) is 6.54 Å². The Morgan fingerprint density at radius 1 is 1.56 bits per heavy atom. The molecule has 8 heteroatoms. The molecule has 0 atom stereocenters. The van der Waals surface area contributed by atoms with Crippen LogP contribution in [0.15, 0.2) is 17.3 Å². The van der Waals surface area contributed by atoms with Crippen LogP contribution in [0.4, 0.5) is 0 Å². The van der Waals surface area contributed by atoms with Crippen LogP contribution >= 0.6 is 0 Å². The van der Waals surface area contributed by atoms with E-state index >= 15 is 0 Å². The van der Waals surface area contributed by atoms with Crippen LogP contribution in [-0.2, 0) is 23.2 Å². The van der Waals surface area contributed by atoms with E-state index in [0.717, 1.165) is 5.06 Å². The molecule has 0 bridgehead atoms. The Morgan fingerprint density at radius 2 is 2.28 bits per heavy atom. The molecule has 18 heavy (non-hydrogen) atoms. The van der Waals surface area contributed by atoms with E-state index in [1.54, 1.807) is 7.05 Å². The average molecular weight is 251 g/mol. The van der Waals surface area contributed by atoms with Crippen molar-refractivity contribution >= 4 is 16.9 Å². The van der Waals surface area contributed by atoms with E-state index in [0.29, 0.717) is 11.0 Å². The third-order valence-electron chi connectivity index (χ3n) is 2.65. The number of hydroxylamine groups is 2. The van der Waals surface area contributed by atoms with Crippen molar-refractivity contribution in [3.63, 3.8) is 0 Å². The normalized spacial score (nSPS) is 10.8. The lowest BCUT2D eigenvalue weighted by Gasteiger charge is -2.14. The number of likely N-dealkylation sites (N-methyl/N-ethyl adjacent to an activating group) is 1. The second kappa shape index (κ2) is 4.57. The van der Waals surface area contributed by atoms with E-state index in [2.05, 4.69) is 10.1 Å². The number of amides is 1. The number of fused-ring (bicyclic) bond motifs is 1. The maximum Gasteiger partial charge on any atom is 0.265 e. The lowest BCUT2D eigenvalue weighted by molar-refractivity contribution is -0.169. The molecule has 1 amide bonds. The van der Waals surface area contributed by atoms with Crippen LogP contribution in [0.25, 0.3) is 11.0 Å². The third-order valence-corrected chi connectivity index (χ3v) is 2.65. The zero-order valence-corrected chi connectivity index (χ0v) is 10.3. The minimum absolute atomic E-state index is 0.124. The maximum atomic E-state index is 12.0. The van der Waals surface area contributed by atoms with Crippen LogP contribution in [0.3, 0.4) is 0 Å². The maximum absolute atomic E-state index is 12.0. The van der Waals surface area contributed by atoms with Gasteiger partial charge in [0.25, 0.3) is 11.5 Å². The summed E-state index contributed by atoms with van der Waals surface area (Å²) in [6.45, 7) is -0.124. The van der Waals surface area contributed by atoms with E-state index in [1.807, 2.05) is 0 Å². The number of nitrogens with zero attached hydrogens (tertiary/aromatic N) is 5. The number of hydrogen-bond acceptors (Lipinski definition) is 5. The Bertz CT molecular complexity index is 644. The van der Waals surface area contributed by atoms with E-state index in [9.17, 15) is 9.59 Å². The molecule has 96 valence electrons. The molecular weight excluding hydrogens is 238 g/mol. The summed E-state index contributed by atoms with van der Waals surface area (Å²) in [6.07, 6.45) is 2.76. The van der Waals surface area contributed by atoms with Crippen LogP contribution in [0.5, 0.6) is 0 Å². The molecule has 8 nitrogen and oxygen atoms in total. The van der Waals surface area contributed by atoms with Gasteiger partial charge in [0.2, 0.25) is 0 Å². The number of carbonyl (C=O) groups is 1. The fourth-order valence-corrected chi connectivity index (χ4v) is 1.53. The van der Waals surface area contributed by atoms with Crippen molar-refractivity contribution in [3.05, 3.63) is 22.9 Å². The molecule has 0 radical (unpaired) electrons. The van der Waals surface area contributed by atoms with Gasteiger partial charge in [-0.05, 0) is 0 Å². The Morgan fingerprint density at radius 3 is 2.94 bits per heavy atom. The monoisotopic (exact) mass is 251 g/mol. The highest BCUT2D eigenvalue weighted by atomic mass is 16.7. The van der Waals surface area contributed by atoms with Gasteiger partial charge in [-0.1, -0.05) is 0 Å². The molecule has 2 heterocycles. The highest BCUT2D eigenvalue weighted by molar-refractivity contribution is 5.76. The SMILES string of the molecule is CON(C)C(=O)Cn1cnc2c(cnn2C)c1=O. The van der Waals surface area contributed by atoms with E-state index in [4.69, 9.17) is 4.84 Å². The van der Waals surface area contributed by atoms with E-state index < -0.39 is 0 Å². The van der Waals surface area contributed by atoms with Crippen LogP contribution in [0.2, 0.25) is 0 Å². The van der Waals surface area contributed by atoms with Gasteiger partial charge in [-0.15, -0.1) is 0 Å². The summed E-state index contributed by atoms with van der Waals surface area (Å²) < 4.78 is 2.73. The van der Waals surface area contributed by atoms with Gasteiger partial charge in [0.05, 0.1) is 13.3 Å². The minimum Gasteiger partial charge on any atom is -0.289 e. The summed E-state index contributed by atoms with van der Waals surface area (Å²) in [4.78, 5) is 32.5. The van der Waals surface area contributed by atoms with Crippen LogP contribution < -0.4 is 5.56 Å². The van der Waals surface area contributed by atoms with Gasteiger partial charge in [0.1, 0.15) is 18.3 Å². The van der Waals surface area contributed by atoms with Gasteiger partial charge in [0, 0.05) is 14.1 Å². The van der Waals surface area contributed by atoms with Gasteiger partial charge in [-0.2, -0.15) is 5.10 Å².